The van der Waals surface area contributed by atoms with E-state index in [-0.39, 0.29) is 11.5 Å². The normalized spacial score (nSPS) is 11.5. The fourth-order valence-corrected chi connectivity index (χ4v) is 1.81. The van der Waals surface area contributed by atoms with Gasteiger partial charge in [-0.05, 0) is 34.1 Å². The van der Waals surface area contributed by atoms with Crippen molar-refractivity contribution < 1.29 is 14.5 Å². The zero-order chi connectivity index (χ0) is 17.6. The summed E-state index contributed by atoms with van der Waals surface area (Å²) in [5.41, 5.74) is 5.87. The topological polar surface area (TPSA) is 120 Å². The van der Waals surface area contributed by atoms with E-state index >= 15 is 0 Å². The lowest BCUT2D eigenvalue weighted by molar-refractivity contribution is -0.384. The maximum atomic E-state index is 11.4. The second kappa shape index (κ2) is 7.57. The zero-order valence-corrected chi connectivity index (χ0v) is 13.8. The number of hydrogen-bond donors (Lipinski definition) is 2. The van der Waals surface area contributed by atoms with Gasteiger partial charge in [0.25, 0.3) is 0 Å². The summed E-state index contributed by atoms with van der Waals surface area (Å²) in [6, 6.07) is 0. The Labute approximate surface area is 134 Å². The largest absolute Gasteiger partial charge is 0.444 e. The molecule has 1 aromatic heterocycles. The number of nitrogens with one attached hydrogen (secondary N) is 1. The highest BCUT2D eigenvalue weighted by Gasteiger charge is 2.18. The molecular formula is C15H22N4O4. The molecule has 1 amide bonds. The fourth-order valence-electron chi connectivity index (χ4n) is 1.81. The lowest BCUT2D eigenvalue weighted by atomic mass is 10.1. The van der Waals surface area contributed by atoms with Gasteiger partial charge >= 0.3 is 11.8 Å². The van der Waals surface area contributed by atoms with E-state index in [1.807, 2.05) is 0 Å². The average molecular weight is 322 g/mol. The number of nitrogen functional groups attached to an aromatic ring is 1. The number of carbonyl (C=O) groups is 1. The molecule has 0 saturated heterocycles. The molecule has 0 aromatic carbocycles. The molecular weight excluding hydrogens is 300 g/mol. The Kier molecular flexibility index (Phi) is 6.06. The number of aromatic nitrogens is 1. The van der Waals surface area contributed by atoms with E-state index in [0.717, 1.165) is 0 Å². The van der Waals surface area contributed by atoms with Gasteiger partial charge in [0.05, 0.1) is 4.92 Å². The summed E-state index contributed by atoms with van der Waals surface area (Å²) in [6.07, 6.45) is 5.06. The van der Waals surface area contributed by atoms with Crippen molar-refractivity contribution in [3.05, 3.63) is 33.5 Å². The third-order valence-corrected chi connectivity index (χ3v) is 2.83. The van der Waals surface area contributed by atoms with Gasteiger partial charge in [-0.2, -0.15) is 0 Å². The quantitative estimate of drug-likeness (QED) is 0.488. The van der Waals surface area contributed by atoms with E-state index < -0.39 is 16.6 Å². The molecule has 0 unspecified atom stereocenters. The first kappa shape index (κ1) is 18.4. The summed E-state index contributed by atoms with van der Waals surface area (Å²) >= 11 is 0. The molecule has 1 aromatic rings. The minimum absolute atomic E-state index is 0.101. The van der Waals surface area contributed by atoms with Crippen molar-refractivity contribution in [3.8, 4) is 0 Å². The van der Waals surface area contributed by atoms with Gasteiger partial charge < -0.3 is 15.8 Å². The zero-order valence-electron chi connectivity index (χ0n) is 13.8. The number of nitrogens with two attached hydrogens (primary N) is 1. The van der Waals surface area contributed by atoms with Crippen LogP contribution >= 0.6 is 0 Å². The molecule has 126 valence electrons. The van der Waals surface area contributed by atoms with Crippen LogP contribution in [0.5, 0.6) is 0 Å². The van der Waals surface area contributed by atoms with Crippen LogP contribution < -0.4 is 11.1 Å². The Morgan fingerprint density at radius 2 is 2.17 bits per heavy atom. The molecule has 3 N–H and O–H groups in total. The van der Waals surface area contributed by atoms with E-state index in [4.69, 9.17) is 10.5 Å². The van der Waals surface area contributed by atoms with E-state index in [9.17, 15) is 14.9 Å². The molecule has 0 aliphatic rings. The Bertz CT molecular complexity index is 621. The Morgan fingerprint density at radius 1 is 1.52 bits per heavy atom. The van der Waals surface area contributed by atoms with Gasteiger partial charge in [0.15, 0.2) is 0 Å². The number of pyridine rings is 1. The highest BCUT2D eigenvalue weighted by Crippen LogP contribution is 2.26. The van der Waals surface area contributed by atoms with Crippen molar-refractivity contribution in [1.29, 1.82) is 0 Å². The molecule has 0 bridgehead atoms. The van der Waals surface area contributed by atoms with Crippen molar-refractivity contribution >= 4 is 23.7 Å². The van der Waals surface area contributed by atoms with Crippen LogP contribution in [0.2, 0.25) is 0 Å². The number of nitrogens with zero attached hydrogens (tertiary/aromatic N) is 2. The number of anilines is 1. The number of alkyl carbamates (subject to hydrolysis) is 1. The summed E-state index contributed by atoms with van der Waals surface area (Å²) in [7, 11) is 0. The molecule has 8 nitrogen and oxygen atoms in total. The molecule has 8 heteroatoms. The highest BCUT2D eigenvalue weighted by atomic mass is 16.6. The molecule has 23 heavy (non-hydrogen) atoms. The second-order valence-electron chi connectivity index (χ2n) is 5.95. The lowest BCUT2D eigenvalue weighted by Crippen LogP contribution is -2.32. The van der Waals surface area contributed by atoms with Gasteiger partial charge in [0.1, 0.15) is 5.60 Å². The molecule has 0 aliphatic heterocycles. The minimum atomic E-state index is -0.543. The first-order valence-electron chi connectivity index (χ1n) is 7.14. The predicted octanol–water partition coefficient (Wildman–Crippen LogP) is 2.81. The highest BCUT2D eigenvalue weighted by molar-refractivity contribution is 5.68. The maximum Gasteiger partial charge on any atom is 0.407 e. The Hall–Kier alpha value is -2.64. The third-order valence-electron chi connectivity index (χ3n) is 2.83. The standard InChI is InChI=1S/C15H22N4O4/c1-10-11(9-18-13(16)12(10)19(21)22)7-5-6-8-17-14(20)23-15(2,3)4/h5,7,9H,6,8H2,1-4H3,(H2,16,18)(H,17,20). The van der Waals surface area contributed by atoms with E-state index in [0.29, 0.717) is 24.1 Å². The van der Waals surface area contributed by atoms with Crippen molar-refractivity contribution in [2.75, 3.05) is 12.3 Å². The molecule has 0 spiro atoms. The molecule has 0 saturated carbocycles. The first-order chi connectivity index (χ1) is 10.6. The van der Waals surface area contributed by atoms with Gasteiger partial charge in [0.2, 0.25) is 5.82 Å². The van der Waals surface area contributed by atoms with Crippen molar-refractivity contribution in [1.82, 2.24) is 10.3 Å². The van der Waals surface area contributed by atoms with Crippen LogP contribution in [-0.2, 0) is 4.74 Å². The second-order valence-corrected chi connectivity index (χ2v) is 5.95. The summed E-state index contributed by atoms with van der Waals surface area (Å²) in [4.78, 5) is 25.7. The van der Waals surface area contributed by atoms with Gasteiger partial charge in [-0.3, -0.25) is 10.1 Å². The minimum Gasteiger partial charge on any atom is -0.444 e. The summed E-state index contributed by atoms with van der Waals surface area (Å²) < 4.78 is 5.10. The summed E-state index contributed by atoms with van der Waals surface area (Å²) in [5, 5.41) is 13.6. The number of nitro groups is 1. The smallest absolute Gasteiger partial charge is 0.407 e. The lowest BCUT2D eigenvalue weighted by Gasteiger charge is -2.19. The summed E-state index contributed by atoms with van der Waals surface area (Å²) in [6.45, 7) is 7.38. The molecule has 1 rings (SSSR count). The van der Waals surface area contributed by atoms with Crippen LogP contribution in [0.15, 0.2) is 12.3 Å². The van der Waals surface area contributed by atoms with Crippen LogP contribution in [0.3, 0.4) is 0 Å². The fraction of sp³-hybridized carbons (Fsp3) is 0.467. The van der Waals surface area contributed by atoms with Crippen molar-refractivity contribution in [2.24, 2.45) is 0 Å². The molecule has 1 heterocycles. The molecule has 0 radical (unpaired) electrons. The van der Waals surface area contributed by atoms with Crippen molar-refractivity contribution in [2.45, 2.75) is 39.7 Å². The van der Waals surface area contributed by atoms with Gasteiger partial charge in [-0.15, -0.1) is 0 Å². The molecule has 0 atom stereocenters. The number of amides is 1. The Balaban J connectivity index is 2.58. The molecule has 0 aliphatic carbocycles. The predicted molar refractivity (Wildman–Crippen MR) is 87.9 cm³/mol. The van der Waals surface area contributed by atoms with Gasteiger partial charge in [-0.1, -0.05) is 12.2 Å². The third kappa shape index (κ3) is 5.93. The van der Waals surface area contributed by atoms with E-state index in [1.54, 1.807) is 39.8 Å². The van der Waals surface area contributed by atoms with Crippen LogP contribution in [-0.4, -0.2) is 28.1 Å². The number of hydrogen-bond acceptors (Lipinski definition) is 6. The van der Waals surface area contributed by atoms with E-state index in [1.165, 1.54) is 6.20 Å². The van der Waals surface area contributed by atoms with Crippen LogP contribution in [0.1, 0.15) is 38.3 Å². The number of rotatable bonds is 5. The average Bonchev–Trinajstić information content (AvgIpc) is 2.38. The Morgan fingerprint density at radius 3 is 2.74 bits per heavy atom. The van der Waals surface area contributed by atoms with Crippen LogP contribution in [0, 0.1) is 17.0 Å². The van der Waals surface area contributed by atoms with Gasteiger partial charge in [-0.25, -0.2) is 9.78 Å². The van der Waals surface area contributed by atoms with Crippen LogP contribution in [0.25, 0.3) is 6.08 Å². The maximum absolute atomic E-state index is 11.4. The van der Waals surface area contributed by atoms with Crippen LogP contribution in [0.4, 0.5) is 16.3 Å². The van der Waals surface area contributed by atoms with Crippen molar-refractivity contribution in [3.63, 3.8) is 0 Å². The summed E-state index contributed by atoms with van der Waals surface area (Å²) in [5.74, 6) is -0.101. The SMILES string of the molecule is Cc1c(C=CCCNC(=O)OC(C)(C)C)cnc(N)c1[N+](=O)[O-]. The van der Waals surface area contributed by atoms with E-state index in [2.05, 4.69) is 10.3 Å². The monoisotopic (exact) mass is 322 g/mol. The molecule has 0 fully saturated rings. The number of carbonyl (C=O) groups excluding carboxylic acids is 1. The number of ether oxygens (including phenoxy) is 1. The first-order valence-corrected chi connectivity index (χ1v) is 7.14. The van der Waals surface area contributed by atoms with Gasteiger partial charge in [0, 0.05) is 23.9 Å².